The van der Waals surface area contributed by atoms with Crippen molar-refractivity contribution in [2.75, 3.05) is 7.05 Å². The fourth-order valence-electron chi connectivity index (χ4n) is 2.91. The van der Waals surface area contributed by atoms with Gasteiger partial charge in [-0.1, -0.05) is 19.3 Å². The second-order valence-corrected chi connectivity index (χ2v) is 6.61. The van der Waals surface area contributed by atoms with Crippen LogP contribution in [0.3, 0.4) is 0 Å². The van der Waals surface area contributed by atoms with Crippen molar-refractivity contribution in [1.29, 1.82) is 0 Å². The molecule has 6 heteroatoms. The molecule has 0 spiro atoms. The predicted octanol–water partition coefficient (Wildman–Crippen LogP) is 2.62. The van der Waals surface area contributed by atoms with E-state index in [4.69, 9.17) is 0 Å². The number of thiazole rings is 1. The SMILES string of the molecule is Cc1nc(C)c(C(=O)N(C)C2(C(=O)O)CCCCC2)s1. The number of rotatable bonds is 3. The zero-order chi connectivity index (χ0) is 14.9. The van der Waals surface area contributed by atoms with Crippen LogP contribution >= 0.6 is 11.3 Å². The third kappa shape index (κ3) is 2.44. The molecule has 0 atom stereocenters. The number of hydrogen-bond acceptors (Lipinski definition) is 4. The van der Waals surface area contributed by atoms with Gasteiger partial charge >= 0.3 is 5.97 Å². The summed E-state index contributed by atoms with van der Waals surface area (Å²) in [5.74, 6) is -1.12. The van der Waals surface area contributed by atoms with Crippen LogP contribution in [0.2, 0.25) is 0 Å². The van der Waals surface area contributed by atoms with E-state index in [1.165, 1.54) is 16.2 Å². The molecule has 110 valence electrons. The number of carbonyl (C=O) groups excluding carboxylic acids is 1. The molecule has 5 nitrogen and oxygen atoms in total. The molecule has 1 fully saturated rings. The van der Waals surface area contributed by atoms with E-state index in [9.17, 15) is 14.7 Å². The van der Waals surface area contributed by atoms with Crippen LogP contribution in [0.4, 0.5) is 0 Å². The van der Waals surface area contributed by atoms with Gasteiger partial charge < -0.3 is 10.0 Å². The van der Waals surface area contributed by atoms with Gasteiger partial charge in [-0.05, 0) is 26.7 Å². The summed E-state index contributed by atoms with van der Waals surface area (Å²) in [5, 5.41) is 10.4. The molecule has 0 aromatic carbocycles. The lowest BCUT2D eigenvalue weighted by atomic mass is 9.80. The summed E-state index contributed by atoms with van der Waals surface area (Å²) in [7, 11) is 1.61. The van der Waals surface area contributed by atoms with Gasteiger partial charge in [0.25, 0.3) is 5.91 Å². The minimum atomic E-state index is -1.06. The number of carboxylic acids is 1. The average molecular weight is 296 g/mol. The molecule has 1 aliphatic carbocycles. The van der Waals surface area contributed by atoms with E-state index in [0.717, 1.165) is 24.3 Å². The molecule has 1 aliphatic rings. The van der Waals surface area contributed by atoms with Gasteiger partial charge in [-0.25, -0.2) is 9.78 Å². The Bertz CT molecular complexity index is 533. The van der Waals surface area contributed by atoms with Gasteiger partial charge in [-0.15, -0.1) is 11.3 Å². The van der Waals surface area contributed by atoms with E-state index in [1.54, 1.807) is 14.0 Å². The quantitative estimate of drug-likeness (QED) is 0.930. The Morgan fingerprint density at radius 2 is 1.85 bits per heavy atom. The standard InChI is InChI=1S/C14H20N2O3S/c1-9-11(20-10(2)15-9)12(17)16(3)14(13(18)19)7-5-4-6-8-14/h4-8H2,1-3H3,(H,18,19). The Labute approximate surface area is 122 Å². The Morgan fingerprint density at radius 1 is 1.25 bits per heavy atom. The molecular formula is C14H20N2O3S. The molecule has 1 N–H and O–H groups in total. The molecule has 0 aliphatic heterocycles. The molecule has 1 amide bonds. The van der Waals surface area contributed by atoms with Gasteiger partial charge in [0.15, 0.2) is 0 Å². The molecule has 1 heterocycles. The van der Waals surface area contributed by atoms with E-state index < -0.39 is 11.5 Å². The first-order valence-corrected chi connectivity index (χ1v) is 7.66. The molecule has 0 bridgehead atoms. The number of carbonyl (C=O) groups is 2. The van der Waals surface area contributed by atoms with Gasteiger partial charge in [-0.2, -0.15) is 0 Å². The summed E-state index contributed by atoms with van der Waals surface area (Å²) < 4.78 is 0. The Hall–Kier alpha value is -1.43. The van der Waals surface area contributed by atoms with Crippen LogP contribution in [0.15, 0.2) is 0 Å². The Morgan fingerprint density at radius 3 is 2.30 bits per heavy atom. The summed E-state index contributed by atoms with van der Waals surface area (Å²) in [6.07, 6.45) is 3.80. The number of nitrogens with zero attached hydrogens (tertiary/aromatic N) is 2. The van der Waals surface area contributed by atoms with E-state index in [1.807, 2.05) is 6.92 Å². The number of aryl methyl sites for hydroxylation is 2. The van der Waals surface area contributed by atoms with Crippen LogP contribution in [-0.4, -0.2) is 39.5 Å². The number of aliphatic carboxylic acids is 1. The first kappa shape index (κ1) is 15.0. The maximum atomic E-state index is 12.6. The molecular weight excluding hydrogens is 276 g/mol. The van der Waals surface area contributed by atoms with Gasteiger partial charge in [-0.3, -0.25) is 4.79 Å². The summed E-state index contributed by atoms with van der Waals surface area (Å²) in [6, 6.07) is 0. The fourth-order valence-corrected chi connectivity index (χ4v) is 3.80. The monoisotopic (exact) mass is 296 g/mol. The highest BCUT2D eigenvalue weighted by Crippen LogP contribution is 2.35. The lowest BCUT2D eigenvalue weighted by Gasteiger charge is -2.40. The van der Waals surface area contributed by atoms with Crippen LogP contribution in [0.25, 0.3) is 0 Å². The van der Waals surface area contributed by atoms with Crippen molar-refractivity contribution >= 4 is 23.2 Å². The Balaban J connectivity index is 2.32. The number of carboxylic acid groups (broad SMARTS) is 1. The number of likely N-dealkylation sites (N-methyl/N-ethyl adjacent to an activating group) is 1. The van der Waals surface area contributed by atoms with Gasteiger partial charge in [0, 0.05) is 7.05 Å². The van der Waals surface area contributed by atoms with Crippen molar-refractivity contribution in [3.63, 3.8) is 0 Å². The zero-order valence-electron chi connectivity index (χ0n) is 12.1. The zero-order valence-corrected chi connectivity index (χ0v) is 12.9. The molecule has 1 aromatic rings. The summed E-state index contributed by atoms with van der Waals surface area (Å²) in [6.45, 7) is 3.64. The van der Waals surface area contributed by atoms with Crippen molar-refractivity contribution in [2.45, 2.75) is 51.5 Å². The highest BCUT2D eigenvalue weighted by Gasteiger charge is 2.46. The lowest BCUT2D eigenvalue weighted by molar-refractivity contribution is -0.151. The highest BCUT2D eigenvalue weighted by molar-refractivity contribution is 7.13. The second kappa shape index (κ2) is 5.52. The van der Waals surface area contributed by atoms with E-state index in [0.29, 0.717) is 23.4 Å². The minimum absolute atomic E-state index is 0.225. The average Bonchev–Trinajstić information content (AvgIpc) is 2.76. The van der Waals surface area contributed by atoms with Crippen molar-refractivity contribution in [3.8, 4) is 0 Å². The molecule has 0 saturated heterocycles. The first-order chi connectivity index (χ1) is 9.38. The van der Waals surface area contributed by atoms with Crippen molar-refractivity contribution in [2.24, 2.45) is 0 Å². The van der Waals surface area contributed by atoms with Gasteiger partial charge in [0.05, 0.1) is 10.7 Å². The van der Waals surface area contributed by atoms with E-state index in [2.05, 4.69) is 4.98 Å². The van der Waals surface area contributed by atoms with Gasteiger partial charge in [0.1, 0.15) is 10.4 Å². The largest absolute Gasteiger partial charge is 0.479 e. The maximum Gasteiger partial charge on any atom is 0.329 e. The van der Waals surface area contributed by atoms with Crippen LogP contribution in [-0.2, 0) is 4.79 Å². The molecule has 1 aromatic heterocycles. The molecule has 1 saturated carbocycles. The lowest BCUT2D eigenvalue weighted by Crippen LogP contribution is -2.56. The molecule has 20 heavy (non-hydrogen) atoms. The van der Waals surface area contributed by atoms with Crippen LogP contribution in [0.1, 0.15) is 52.5 Å². The summed E-state index contributed by atoms with van der Waals surface area (Å²) in [4.78, 5) is 30.6. The van der Waals surface area contributed by atoms with Crippen LogP contribution in [0.5, 0.6) is 0 Å². The number of aromatic nitrogens is 1. The molecule has 2 rings (SSSR count). The normalized spacial score (nSPS) is 17.8. The predicted molar refractivity (Wildman–Crippen MR) is 77.1 cm³/mol. The van der Waals surface area contributed by atoms with Gasteiger partial charge in [0.2, 0.25) is 0 Å². The fraction of sp³-hybridized carbons (Fsp3) is 0.643. The Kier molecular flexibility index (Phi) is 4.13. The second-order valence-electron chi connectivity index (χ2n) is 5.41. The molecule has 0 radical (unpaired) electrons. The number of hydrogen-bond donors (Lipinski definition) is 1. The van der Waals surface area contributed by atoms with Crippen molar-refractivity contribution in [1.82, 2.24) is 9.88 Å². The first-order valence-electron chi connectivity index (χ1n) is 6.84. The maximum absolute atomic E-state index is 12.6. The van der Waals surface area contributed by atoms with Crippen molar-refractivity contribution < 1.29 is 14.7 Å². The smallest absolute Gasteiger partial charge is 0.329 e. The highest BCUT2D eigenvalue weighted by atomic mass is 32.1. The van der Waals surface area contributed by atoms with Crippen LogP contribution in [0, 0.1) is 13.8 Å². The summed E-state index contributed by atoms with van der Waals surface area (Å²) in [5.41, 5.74) is -0.375. The minimum Gasteiger partial charge on any atom is -0.479 e. The summed E-state index contributed by atoms with van der Waals surface area (Å²) >= 11 is 1.33. The van der Waals surface area contributed by atoms with Crippen LogP contribution < -0.4 is 0 Å². The molecule has 0 unspecified atom stereocenters. The van der Waals surface area contributed by atoms with E-state index >= 15 is 0 Å². The third-order valence-corrected chi connectivity index (χ3v) is 5.18. The van der Waals surface area contributed by atoms with E-state index in [-0.39, 0.29) is 5.91 Å². The van der Waals surface area contributed by atoms with Crippen molar-refractivity contribution in [3.05, 3.63) is 15.6 Å². The topological polar surface area (TPSA) is 70.5 Å². The third-order valence-electron chi connectivity index (χ3n) is 4.12. The number of amides is 1.